The van der Waals surface area contributed by atoms with Gasteiger partial charge in [0.25, 0.3) is 0 Å². The summed E-state index contributed by atoms with van der Waals surface area (Å²) < 4.78 is 69.0. The second kappa shape index (κ2) is 38.2. The number of anilines is 2. The van der Waals surface area contributed by atoms with Crippen LogP contribution in [0.1, 0.15) is 122 Å². The van der Waals surface area contributed by atoms with E-state index in [0.717, 1.165) is 39.6 Å². The normalized spacial score (nSPS) is 28.5. The number of halogens is 5. The first-order valence-corrected chi connectivity index (χ1v) is 40.0. The third-order valence-corrected chi connectivity index (χ3v) is 22.9. The number of ether oxygens (including phenoxy) is 2. The highest BCUT2D eigenvalue weighted by Crippen LogP contribution is 2.33. The van der Waals surface area contributed by atoms with Crippen LogP contribution in [-0.4, -0.2) is 259 Å². The number of hydrogen-bond acceptors (Lipinski definition) is 18. The topological polar surface area (TPSA) is 414 Å². The van der Waals surface area contributed by atoms with E-state index < -0.39 is 216 Å². The number of carbonyl (C=O) groups excluding carboxylic acids is 14. The molecule has 118 heavy (non-hydrogen) atoms. The first-order valence-electron chi connectivity index (χ1n) is 39.7. The molecule has 8 aliphatic rings. The maximum Gasteiger partial charge on any atom is 0.329 e. The van der Waals surface area contributed by atoms with Gasteiger partial charge in [-0.25, -0.2) is 36.7 Å². The Bertz CT molecular complexity index is 4480. The standard InChI is InChI=1S/C41H51F2N7O9.C40H48ClF2N7O9/c1-21-8-10-28(11-9-21)45-41(58)46-30(16-25-14-26(42)17-27(43)15-25)35(52)47-34-24(4)59-40(57)33-13-22(2)19-49(33)37(54)23(3)44-36(53)31-7-5-6-12-48(31)38(55)32-18-29(51)20-50(32)39(34)56;1-20-12-32-39(57)59-22(3)33(47-34(52)29(15-23-13-24(42)16-25(43)14-23)46-40(58)45-28-9-5-4-8-27(28)41)38(56)50-19-26(51)17-31(50)37(55)48-11-7-6-10-30(48)35(53)44-21(2)36(54)49(32)18-20/h8-11,14-15,17,22-24,29-34,51H,5-7,12-13,16,18-20H2,1-4H3,(H,44,53)(H,47,52)(H2,45,46,58);4-5,8-9,13-14,16,20-22,26,29-33,51H,6-7,10-12,15,17-19H2,1-3H3,(H,44,53)(H,47,52)(H2,45,46,58)/t22-,23+,24+,29-,30+,31+,32+,33+,34+;20-,21+,22+,26-,29+,30+,31+,32+,33+/m11/s1. The molecule has 10 N–H and O–H groups in total. The van der Waals surface area contributed by atoms with Gasteiger partial charge in [0.1, 0.15) is 108 Å². The van der Waals surface area contributed by atoms with E-state index in [1.807, 2.05) is 20.8 Å². The Morgan fingerprint density at radius 3 is 1.27 bits per heavy atom. The molecule has 0 radical (unpaired) electrons. The molecule has 0 unspecified atom stereocenters. The van der Waals surface area contributed by atoms with Crippen molar-refractivity contribution in [3.05, 3.63) is 130 Å². The number of rotatable bonds is 12. The molecule has 18 atom stereocenters. The van der Waals surface area contributed by atoms with Gasteiger partial charge in [-0.2, -0.15) is 0 Å². The Morgan fingerprint density at radius 2 is 0.864 bits per heavy atom. The second-order valence-electron chi connectivity index (χ2n) is 31.9. The Labute approximate surface area is 682 Å². The first-order chi connectivity index (χ1) is 56.0. The van der Waals surface area contributed by atoms with Gasteiger partial charge in [-0.1, -0.05) is 55.3 Å². The monoisotopic (exact) mass is 1670 g/mol. The van der Waals surface area contributed by atoms with Crippen LogP contribution >= 0.6 is 11.6 Å². The molecule has 0 bridgehead atoms. The van der Waals surface area contributed by atoms with E-state index in [1.54, 1.807) is 36.4 Å². The molecule has 0 aliphatic carbocycles. The Balaban J connectivity index is 0.000000231. The molecule has 12 rings (SSSR count). The van der Waals surface area contributed by atoms with Crippen LogP contribution in [-0.2, 0) is 79.8 Å². The molecule has 8 fully saturated rings. The molecule has 636 valence electrons. The lowest BCUT2D eigenvalue weighted by molar-refractivity contribution is -0.163. The van der Waals surface area contributed by atoms with Crippen LogP contribution in [0.4, 0.5) is 38.5 Å². The van der Waals surface area contributed by atoms with Crippen molar-refractivity contribution in [2.75, 3.05) is 49.9 Å². The lowest BCUT2D eigenvalue weighted by atomic mass is 9.98. The third kappa shape index (κ3) is 21.1. The van der Waals surface area contributed by atoms with Gasteiger partial charge in [-0.15, -0.1) is 0 Å². The molecule has 32 nitrogen and oxygen atoms in total. The molecular weight excluding hydrogens is 1570 g/mol. The van der Waals surface area contributed by atoms with Crippen LogP contribution in [0, 0.1) is 42.0 Å². The van der Waals surface area contributed by atoms with Crippen LogP contribution in [0.25, 0.3) is 0 Å². The number of esters is 2. The van der Waals surface area contributed by atoms with Crippen molar-refractivity contribution in [2.24, 2.45) is 11.8 Å². The molecule has 4 aromatic carbocycles. The molecule has 4 aromatic rings. The Morgan fingerprint density at radius 1 is 0.475 bits per heavy atom. The molecule has 0 spiro atoms. The molecular formula is C81H99ClF4N14O18. The average molecular weight is 1670 g/mol. The number of aliphatic hydroxyl groups excluding tert-OH is 2. The van der Waals surface area contributed by atoms with Gasteiger partial charge in [0.05, 0.1) is 22.9 Å². The van der Waals surface area contributed by atoms with Crippen LogP contribution in [0.15, 0.2) is 84.9 Å². The highest BCUT2D eigenvalue weighted by molar-refractivity contribution is 6.33. The molecule has 8 aliphatic heterocycles. The predicted molar refractivity (Wildman–Crippen MR) is 414 cm³/mol. The number of aryl methyl sites for hydroxylation is 1. The van der Waals surface area contributed by atoms with Crippen LogP contribution in [0.5, 0.6) is 0 Å². The number of carbonyl (C=O) groups is 14. The summed E-state index contributed by atoms with van der Waals surface area (Å²) in [4.78, 5) is 204. The molecule has 0 aromatic heterocycles. The summed E-state index contributed by atoms with van der Waals surface area (Å²) in [6.07, 6.45) is -3.30. The number of cyclic esters (lactones) is 2. The fourth-order valence-corrected chi connectivity index (χ4v) is 16.8. The number of amides is 14. The number of para-hydroxylation sites is 1. The number of aliphatic hydroxyl groups is 2. The van der Waals surface area contributed by atoms with Crippen LogP contribution in [0.2, 0.25) is 5.02 Å². The number of hydrogen-bond donors (Lipinski definition) is 10. The van der Waals surface area contributed by atoms with Crippen molar-refractivity contribution in [3.8, 4) is 0 Å². The van der Waals surface area contributed by atoms with E-state index >= 15 is 0 Å². The van der Waals surface area contributed by atoms with Crippen LogP contribution < -0.4 is 42.5 Å². The maximum absolute atomic E-state index is 14.7. The van der Waals surface area contributed by atoms with E-state index in [9.17, 15) is 94.9 Å². The van der Waals surface area contributed by atoms with Crippen molar-refractivity contribution >= 4 is 106 Å². The summed E-state index contributed by atoms with van der Waals surface area (Å²) in [5.74, 6) is -13.3. The van der Waals surface area contributed by atoms with Gasteiger partial charge in [0.2, 0.25) is 59.1 Å². The minimum Gasteiger partial charge on any atom is -0.458 e. The lowest BCUT2D eigenvalue weighted by Crippen LogP contribution is -2.63. The fourth-order valence-electron chi connectivity index (χ4n) is 16.6. The second-order valence-corrected chi connectivity index (χ2v) is 32.3. The minimum atomic E-state index is -1.76. The summed E-state index contributed by atoms with van der Waals surface area (Å²) >= 11 is 6.21. The SMILES string of the molecule is C[C@@H]1C[C@H]2C(=O)O[C@@H](C)[C@H](NC(=O)[C@H](Cc3cc(F)cc(F)c3)NC(=O)Nc3ccccc3Cl)C(=O)N3C[C@H](O)C[C@H]3C(=O)N3CCCC[C@H]3C(=O)N[C@@H](C)C(=O)N2C1.Cc1ccc(NC(=O)N[C@@H](Cc2cc(F)cc(F)c2)C(=O)N[C@@H]2C(=O)N3C[C@H](O)C[C@H]3C(=O)N3CCCC[C@H]3C(=O)N[C@@H](C)C(=O)N3C[C@H](C)C[C@H]3C(=O)O[C@H]2C)cc1. The van der Waals surface area contributed by atoms with Crippen LogP contribution in [0.3, 0.4) is 0 Å². The zero-order chi connectivity index (χ0) is 85.4. The number of fused-ring (bicyclic) bond motifs is 6. The van der Waals surface area contributed by atoms with Gasteiger partial charge >= 0.3 is 24.0 Å². The number of nitrogens with one attached hydrogen (secondary N) is 8. The lowest BCUT2D eigenvalue weighted by Gasteiger charge is -2.39. The van der Waals surface area contributed by atoms with Gasteiger partial charge in [-0.05, 0) is 157 Å². The molecule has 14 amide bonds. The molecule has 8 saturated heterocycles. The number of urea groups is 2. The average Bonchev–Trinajstić information content (AvgIpc) is 1.59. The Kier molecular flexibility index (Phi) is 28.4. The van der Waals surface area contributed by atoms with Gasteiger partial charge in [-0.3, -0.25) is 47.9 Å². The summed E-state index contributed by atoms with van der Waals surface area (Å²) in [6, 6.07) is 0.751. The van der Waals surface area contributed by atoms with Crippen molar-refractivity contribution in [1.82, 2.24) is 61.3 Å². The third-order valence-electron chi connectivity index (χ3n) is 22.5. The zero-order valence-electron chi connectivity index (χ0n) is 66.2. The van der Waals surface area contributed by atoms with Crippen molar-refractivity contribution in [2.45, 2.75) is 222 Å². The van der Waals surface area contributed by atoms with E-state index in [1.165, 1.54) is 59.4 Å². The first kappa shape index (κ1) is 87.8. The summed E-state index contributed by atoms with van der Waals surface area (Å²) in [5, 5.41) is 42.5. The predicted octanol–water partition coefficient (Wildman–Crippen LogP) is 3.39. The molecule has 37 heteroatoms. The summed E-state index contributed by atoms with van der Waals surface area (Å²) in [7, 11) is 0. The summed E-state index contributed by atoms with van der Waals surface area (Å²) in [5.41, 5.74) is 1.42. The van der Waals surface area contributed by atoms with Gasteiger partial charge in [0.15, 0.2) is 0 Å². The van der Waals surface area contributed by atoms with Crippen molar-refractivity contribution < 1.29 is 104 Å². The van der Waals surface area contributed by atoms with E-state index in [-0.39, 0.29) is 111 Å². The Hall–Kier alpha value is -11.0. The van der Waals surface area contributed by atoms with E-state index in [2.05, 4.69) is 42.5 Å². The maximum atomic E-state index is 14.7. The highest BCUT2D eigenvalue weighted by atomic mass is 35.5. The highest BCUT2D eigenvalue weighted by Gasteiger charge is 2.52. The van der Waals surface area contributed by atoms with Gasteiger partial charge < -0.3 is 91.6 Å². The van der Waals surface area contributed by atoms with Crippen molar-refractivity contribution in [1.29, 1.82) is 0 Å². The van der Waals surface area contributed by atoms with E-state index in [0.29, 0.717) is 43.5 Å². The largest absolute Gasteiger partial charge is 0.458 e. The van der Waals surface area contributed by atoms with Gasteiger partial charge in [0, 0.05) is 82.8 Å². The van der Waals surface area contributed by atoms with E-state index in [4.69, 9.17) is 21.1 Å². The number of piperidine rings is 2. The number of benzene rings is 4. The summed E-state index contributed by atoms with van der Waals surface area (Å²) in [6.45, 7) is 11.2. The molecule has 8 heterocycles. The minimum absolute atomic E-state index is 0.00938. The zero-order valence-corrected chi connectivity index (χ0v) is 67.0. The molecule has 0 saturated carbocycles. The quantitative estimate of drug-likeness (QED) is 0.0718. The number of nitrogens with zero attached hydrogens (tertiary/aromatic N) is 6. The smallest absolute Gasteiger partial charge is 0.329 e. The van der Waals surface area contributed by atoms with Crippen molar-refractivity contribution in [3.63, 3.8) is 0 Å². The fraction of sp³-hybridized carbons (Fsp3) is 0.531.